The highest BCUT2D eigenvalue weighted by molar-refractivity contribution is 7.98. The van der Waals surface area contributed by atoms with Gasteiger partial charge in [0.2, 0.25) is 11.1 Å². The molecule has 0 unspecified atom stereocenters. The van der Waals surface area contributed by atoms with Crippen LogP contribution in [0.3, 0.4) is 0 Å². The van der Waals surface area contributed by atoms with Gasteiger partial charge >= 0.3 is 5.97 Å². The molecular formula is C21H20N6O4S. The average Bonchev–Trinajstić information content (AvgIpc) is 3.20. The van der Waals surface area contributed by atoms with Crippen molar-refractivity contribution in [3.8, 4) is 0 Å². The van der Waals surface area contributed by atoms with Crippen molar-refractivity contribution in [1.29, 1.82) is 0 Å². The number of ether oxygens (including phenoxy) is 1. The van der Waals surface area contributed by atoms with E-state index in [1.165, 1.54) is 23.9 Å². The van der Waals surface area contributed by atoms with Gasteiger partial charge in [0.1, 0.15) is 6.04 Å². The SMILES string of the molecule is CCOC(=O)C1=C(C)Nc2nc(SCc3cccnc3)nn2[C@@H]1c1ccc([N+](=O)[O-])cc1. The van der Waals surface area contributed by atoms with E-state index in [-0.39, 0.29) is 12.3 Å². The van der Waals surface area contributed by atoms with Gasteiger partial charge in [0, 0.05) is 36.0 Å². The number of carbonyl (C=O) groups excluding carboxylic acids is 1. The molecule has 10 nitrogen and oxygen atoms in total. The Morgan fingerprint density at radius 2 is 2.09 bits per heavy atom. The summed E-state index contributed by atoms with van der Waals surface area (Å²) in [6.45, 7) is 3.73. The van der Waals surface area contributed by atoms with E-state index in [1.807, 2.05) is 12.1 Å². The monoisotopic (exact) mass is 452 g/mol. The summed E-state index contributed by atoms with van der Waals surface area (Å²) >= 11 is 1.44. The number of nitrogens with zero attached hydrogens (tertiary/aromatic N) is 5. The van der Waals surface area contributed by atoms with E-state index in [1.54, 1.807) is 43.1 Å². The zero-order valence-electron chi connectivity index (χ0n) is 17.4. The van der Waals surface area contributed by atoms with Gasteiger partial charge in [-0.2, -0.15) is 4.98 Å². The van der Waals surface area contributed by atoms with Crippen LogP contribution in [-0.2, 0) is 15.3 Å². The number of hydrogen-bond acceptors (Lipinski definition) is 9. The van der Waals surface area contributed by atoms with Gasteiger partial charge in [-0.25, -0.2) is 9.48 Å². The van der Waals surface area contributed by atoms with Crippen LogP contribution >= 0.6 is 11.8 Å². The summed E-state index contributed by atoms with van der Waals surface area (Å²) in [6, 6.07) is 9.26. The highest BCUT2D eigenvalue weighted by Crippen LogP contribution is 2.37. The van der Waals surface area contributed by atoms with Gasteiger partial charge in [-0.15, -0.1) is 5.10 Å². The van der Waals surface area contributed by atoms with Crippen molar-refractivity contribution < 1.29 is 14.5 Å². The maximum Gasteiger partial charge on any atom is 0.338 e. The van der Waals surface area contributed by atoms with Crippen LogP contribution in [0.15, 0.2) is 65.2 Å². The zero-order valence-corrected chi connectivity index (χ0v) is 18.2. The Hall–Kier alpha value is -3.73. The molecule has 0 fully saturated rings. The Kier molecular flexibility index (Phi) is 6.17. The number of aromatic nitrogens is 4. The van der Waals surface area contributed by atoms with Crippen molar-refractivity contribution in [3.63, 3.8) is 0 Å². The van der Waals surface area contributed by atoms with Crippen LogP contribution in [-0.4, -0.2) is 37.2 Å². The van der Waals surface area contributed by atoms with E-state index >= 15 is 0 Å². The molecule has 2 aromatic heterocycles. The third kappa shape index (κ3) is 4.33. The van der Waals surface area contributed by atoms with Gasteiger partial charge in [0.15, 0.2) is 0 Å². The second-order valence-corrected chi connectivity index (χ2v) is 7.89. The number of nitrogens with one attached hydrogen (secondary N) is 1. The molecule has 11 heteroatoms. The fourth-order valence-electron chi connectivity index (χ4n) is 3.38. The maximum absolute atomic E-state index is 12.8. The van der Waals surface area contributed by atoms with Crippen molar-refractivity contribution in [2.75, 3.05) is 11.9 Å². The number of nitro benzene ring substituents is 1. The highest BCUT2D eigenvalue weighted by Gasteiger charge is 2.35. The predicted octanol–water partition coefficient (Wildman–Crippen LogP) is 3.73. The van der Waals surface area contributed by atoms with Crippen LogP contribution in [0.5, 0.6) is 0 Å². The Morgan fingerprint density at radius 3 is 2.75 bits per heavy atom. The lowest BCUT2D eigenvalue weighted by molar-refractivity contribution is -0.384. The summed E-state index contributed by atoms with van der Waals surface area (Å²) in [4.78, 5) is 32.1. The van der Waals surface area contributed by atoms with Crippen LogP contribution in [0.1, 0.15) is 31.0 Å². The number of pyridine rings is 1. The number of thioether (sulfide) groups is 1. The fourth-order valence-corrected chi connectivity index (χ4v) is 4.15. The van der Waals surface area contributed by atoms with Gasteiger partial charge in [-0.1, -0.05) is 17.8 Å². The first-order chi connectivity index (χ1) is 15.5. The third-order valence-corrected chi connectivity index (χ3v) is 5.75. The minimum atomic E-state index is -0.633. The molecule has 164 valence electrons. The summed E-state index contributed by atoms with van der Waals surface area (Å²) in [5, 5.41) is 19.3. The number of benzene rings is 1. The van der Waals surface area contributed by atoms with Crippen molar-refractivity contribution in [2.45, 2.75) is 30.8 Å². The molecule has 4 rings (SSSR count). The Balaban J connectivity index is 1.71. The first kappa shape index (κ1) is 21.5. The van der Waals surface area contributed by atoms with E-state index in [0.29, 0.717) is 33.7 Å². The van der Waals surface area contributed by atoms with E-state index in [9.17, 15) is 14.9 Å². The predicted molar refractivity (Wildman–Crippen MR) is 118 cm³/mol. The number of anilines is 1. The molecule has 0 saturated carbocycles. The highest BCUT2D eigenvalue weighted by atomic mass is 32.2. The Bertz CT molecular complexity index is 1180. The van der Waals surface area contributed by atoms with Gasteiger partial charge in [0.05, 0.1) is 17.1 Å². The molecule has 1 aromatic carbocycles. The largest absolute Gasteiger partial charge is 0.463 e. The number of hydrogen-bond donors (Lipinski definition) is 1. The maximum atomic E-state index is 12.8. The Morgan fingerprint density at radius 1 is 1.31 bits per heavy atom. The summed E-state index contributed by atoms with van der Waals surface area (Å²) in [5.41, 5.74) is 2.63. The second kappa shape index (κ2) is 9.18. The lowest BCUT2D eigenvalue weighted by atomic mass is 9.95. The number of nitro groups is 1. The molecule has 1 aliphatic heterocycles. The van der Waals surface area contributed by atoms with Gasteiger partial charge in [-0.05, 0) is 43.2 Å². The summed E-state index contributed by atoms with van der Waals surface area (Å²) in [7, 11) is 0. The molecule has 0 spiro atoms. The lowest BCUT2D eigenvalue weighted by Crippen LogP contribution is -2.29. The summed E-state index contributed by atoms with van der Waals surface area (Å²) in [6.07, 6.45) is 3.50. The van der Waals surface area contributed by atoms with Gasteiger partial charge in [-0.3, -0.25) is 15.1 Å². The fraction of sp³-hybridized carbons (Fsp3) is 0.238. The van der Waals surface area contributed by atoms with E-state index in [0.717, 1.165) is 5.56 Å². The Labute approximate surface area is 187 Å². The van der Waals surface area contributed by atoms with E-state index < -0.39 is 16.9 Å². The standard InChI is InChI=1S/C21H20N6O4S/c1-3-31-19(28)17-13(2)23-20-24-21(32-12-14-5-4-10-22-11-14)25-26(20)18(17)15-6-8-16(9-7-15)27(29)30/h4-11,18H,3,12H2,1-2H3,(H,23,24,25)/t18-/m1/s1. The number of rotatable bonds is 7. The molecule has 32 heavy (non-hydrogen) atoms. The molecule has 3 aromatic rings. The van der Waals surface area contributed by atoms with Crippen LogP contribution < -0.4 is 5.32 Å². The van der Waals surface area contributed by atoms with E-state index in [4.69, 9.17) is 4.74 Å². The molecule has 1 N–H and O–H groups in total. The van der Waals surface area contributed by atoms with Crippen LogP contribution in [0.25, 0.3) is 0 Å². The quantitative estimate of drug-likeness (QED) is 0.247. The molecule has 0 bridgehead atoms. The molecule has 0 amide bonds. The minimum absolute atomic E-state index is 0.0346. The number of non-ortho nitro benzene ring substituents is 1. The third-order valence-electron chi connectivity index (χ3n) is 4.84. The van der Waals surface area contributed by atoms with Crippen molar-refractivity contribution in [3.05, 3.63) is 81.3 Å². The average molecular weight is 452 g/mol. The van der Waals surface area contributed by atoms with Gasteiger partial charge in [0.25, 0.3) is 5.69 Å². The van der Waals surface area contributed by atoms with Crippen LogP contribution in [0.2, 0.25) is 0 Å². The molecule has 1 atom stereocenters. The van der Waals surface area contributed by atoms with Crippen molar-refractivity contribution >= 4 is 29.4 Å². The normalized spacial score (nSPS) is 15.1. The van der Waals surface area contributed by atoms with Gasteiger partial charge < -0.3 is 10.1 Å². The number of esters is 1. The molecular weight excluding hydrogens is 432 g/mol. The lowest BCUT2D eigenvalue weighted by Gasteiger charge is -2.28. The molecule has 0 aliphatic carbocycles. The van der Waals surface area contributed by atoms with Crippen molar-refractivity contribution in [1.82, 2.24) is 19.7 Å². The summed E-state index contributed by atoms with van der Waals surface area (Å²) in [5.74, 6) is 0.635. The number of carbonyl (C=O) groups is 1. The molecule has 1 aliphatic rings. The second-order valence-electron chi connectivity index (χ2n) is 6.95. The summed E-state index contributed by atoms with van der Waals surface area (Å²) < 4.78 is 6.89. The first-order valence-corrected chi connectivity index (χ1v) is 10.8. The first-order valence-electron chi connectivity index (χ1n) is 9.85. The van der Waals surface area contributed by atoms with Crippen LogP contribution in [0.4, 0.5) is 11.6 Å². The zero-order chi connectivity index (χ0) is 22.7. The number of allylic oxidation sites excluding steroid dienone is 1. The molecule has 3 heterocycles. The minimum Gasteiger partial charge on any atom is -0.463 e. The van der Waals surface area contributed by atoms with Crippen LogP contribution in [0, 0.1) is 10.1 Å². The molecule has 0 saturated heterocycles. The number of fused-ring (bicyclic) bond motifs is 1. The molecule has 0 radical (unpaired) electrons. The van der Waals surface area contributed by atoms with E-state index in [2.05, 4.69) is 20.4 Å². The van der Waals surface area contributed by atoms with Crippen molar-refractivity contribution in [2.24, 2.45) is 0 Å². The topological polar surface area (TPSA) is 125 Å². The smallest absolute Gasteiger partial charge is 0.338 e.